The number of hydrogen-bond donors (Lipinski definition) is 6. The topological polar surface area (TPSA) is 190 Å². The fourth-order valence-electron chi connectivity index (χ4n) is 0.428. The van der Waals surface area contributed by atoms with Crippen molar-refractivity contribution in [2.75, 3.05) is 13.2 Å². The minimum absolute atomic E-state index is 0.125. The number of aliphatic hydroxyl groups excluding tert-OH is 2. The molecule has 10 heteroatoms. The van der Waals surface area contributed by atoms with Gasteiger partial charge in [-0.3, -0.25) is 19.2 Å². The first-order valence-corrected chi connectivity index (χ1v) is 6.96. The van der Waals surface area contributed by atoms with Crippen LogP contribution < -0.4 is 0 Å². The zero-order chi connectivity index (χ0) is 20.6. The summed E-state index contributed by atoms with van der Waals surface area (Å²) in [5, 5.41) is 45.9. The highest BCUT2D eigenvalue weighted by Gasteiger charge is 1.88. The van der Waals surface area contributed by atoms with E-state index in [4.69, 9.17) is 40.2 Å². The van der Waals surface area contributed by atoms with E-state index in [1.54, 1.807) is 0 Å². The summed E-state index contributed by atoms with van der Waals surface area (Å²) in [6.45, 7) is 5.60. The van der Waals surface area contributed by atoms with Gasteiger partial charge in [0.1, 0.15) is 0 Å². The van der Waals surface area contributed by atoms with Crippen LogP contribution in [0.15, 0.2) is 0 Å². The Morgan fingerprint density at radius 1 is 0.625 bits per heavy atom. The highest BCUT2D eigenvalue weighted by molar-refractivity contribution is 5.66. The number of aliphatic carboxylic acids is 4. The fourth-order valence-corrected chi connectivity index (χ4v) is 0.428. The molecule has 0 amide bonds. The lowest BCUT2D eigenvalue weighted by molar-refractivity contribution is -0.138. The molecule has 0 aromatic carbocycles. The lowest BCUT2D eigenvalue weighted by atomic mass is 10.4. The van der Waals surface area contributed by atoms with Crippen molar-refractivity contribution in [2.24, 2.45) is 0 Å². The van der Waals surface area contributed by atoms with E-state index in [0.717, 1.165) is 26.7 Å². The zero-order valence-corrected chi connectivity index (χ0v) is 14.6. The van der Waals surface area contributed by atoms with Crippen LogP contribution in [-0.4, -0.2) is 67.7 Å². The minimum atomic E-state index is -0.833. The minimum Gasteiger partial charge on any atom is -0.481 e. The number of rotatable bonds is 5. The molecule has 0 aliphatic rings. The molecular weight excluding hydrogens is 328 g/mol. The van der Waals surface area contributed by atoms with Gasteiger partial charge in [0.2, 0.25) is 0 Å². The number of carbonyl (C=O) groups is 4. The molecule has 0 spiro atoms. The van der Waals surface area contributed by atoms with Gasteiger partial charge in [0, 0.05) is 26.7 Å². The smallest absolute Gasteiger partial charge is 0.303 e. The standard InChI is InChI=1S/2C4H8O2.2C2H4O2.C2H6O2/c2*1-2-3-4(5)6;2*1-2(3)4;3-1-2-4/h2*2-3H2,1H3,(H,5,6);2*1H3,(H,3,4);3-4H,1-2H2. The van der Waals surface area contributed by atoms with Crippen LogP contribution in [0.2, 0.25) is 0 Å². The first-order chi connectivity index (χ1) is 10.9. The molecular formula is C14H30O10. The first kappa shape index (κ1) is 33.4. The highest BCUT2D eigenvalue weighted by Crippen LogP contribution is 1.82. The van der Waals surface area contributed by atoms with Crippen molar-refractivity contribution >= 4 is 23.9 Å². The second kappa shape index (κ2) is 32.7. The average Bonchev–Trinajstić information content (AvgIpc) is 2.38. The van der Waals surface area contributed by atoms with Gasteiger partial charge in [-0.2, -0.15) is 0 Å². The second-order valence-electron chi connectivity index (χ2n) is 3.77. The van der Waals surface area contributed by atoms with Crippen LogP contribution in [0.25, 0.3) is 0 Å². The third-order valence-corrected chi connectivity index (χ3v) is 1.03. The van der Waals surface area contributed by atoms with Crippen molar-refractivity contribution in [1.82, 2.24) is 0 Å². The van der Waals surface area contributed by atoms with Crippen LogP contribution in [0.3, 0.4) is 0 Å². The summed E-state index contributed by atoms with van der Waals surface area (Å²) >= 11 is 0. The quantitative estimate of drug-likeness (QED) is 0.411. The fraction of sp³-hybridized carbons (Fsp3) is 0.714. The third kappa shape index (κ3) is 304. The van der Waals surface area contributed by atoms with Crippen LogP contribution >= 0.6 is 0 Å². The summed E-state index contributed by atoms with van der Waals surface area (Å²) in [6, 6.07) is 0. The van der Waals surface area contributed by atoms with Gasteiger partial charge in [-0.25, -0.2) is 0 Å². The number of carboxylic acids is 4. The summed E-state index contributed by atoms with van der Waals surface area (Å²) in [4.78, 5) is 37.2. The average molecular weight is 358 g/mol. The molecule has 0 radical (unpaired) electrons. The van der Waals surface area contributed by atoms with E-state index < -0.39 is 23.9 Å². The van der Waals surface area contributed by atoms with E-state index in [1.165, 1.54) is 0 Å². The summed E-state index contributed by atoms with van der Waals surface area (Å²) in [6.07, 6.45) is 2.05. The van der Waals surface area contributed by atoms with Crippen LogP contribution in [0.5, 0.6) is 0 Å². The predicted octanol–water partition coefficient (Wildman–Crippen LogP) is 0.895. The molecule has 0 saturated carbocycles. The Balaban J connectivity index is -0.0000000637. The molecule has 0 aromatic rings. The van der Waals surface area contributed by atoms with Crippen LogP contribution in [0.1, 0.15) is 53.4 Å². The van der Waals surface area contributed by atoms with Gasteiger partial charge >= 0.3 is 11.9 Å². The van der Waals surface area contributed by atoms with Gasteiger partial charge < -0.3 is 30.6 Å². The Morgan fingerprint density at radius 2 is 0.792 bits per heavy atom. The van der Waals surface area contributed by atoms with E-state index in [9.17, 15) is 9.59 Å². The molecule has 0 heterocycles. The molecule has 0 aliphatic heterocycles. The van der Waals surface area contributed by atoms with Crippen LogP contribution in [0, 0.1) is 0 Å². The molecule has 0 saturated heterocycles. The van der Waals surface area contributed by atoms with Crippen molar-refractivity contribution < 1.29 is 49.8 Å². The number of hydrogen-bond acceptors (Lipinski definition) is 6. The van der Waals surface area contributed by atoms with Crippen molar-refractivity contribution in [3.05, 3.63) is 0 Å². The normalized spacial score (nSPS) is 7.42. The lowest BCUT2D eigenvalue weighted by Crippen LogP contribution is -1.90. The predicted molar refractivity (Wildman–Crippen MR) is 85.9 cm³/mol. The van der Waals surface area contributed by atoms with Gasteiger partial charge in [0.25, 0.3) is 11.9 Å². The molecule has 6 N–H and O–H groups in total. The van der Waals surface area contributed by atoms with Gasteiger partial charge in [-0.05, 0) is 12.8 Å². The summed E-state index contributed by atoms with van der Waals surface area (Å²) in [5.74, 6) is -3.09. The summed E-state index contributed by atoms with van der Waals surface area (Å²) < 4.78 is 0. The molecule has 146 valence electrons. The van der Waals surface area contributed by atoms with Gasteiger partial charge in [0.05, 0.1) is 13.2 Å². The Kier molecular flexibility index (Phi) is 45.5. The molecule has 0 atom stereocenters. The first-order valence-electron chi connectivity index (χ1n) is 6.96. The number of aliphatic hydroxyl groups is 2. The third-order valence-electron chi connectivity index (χ3n) is 1.03. The zero-order valence-electron chi connectivity index (χ0n) is 14.6. The summed E-state index contributed by atoms with van der Waals surface area (Å²) in [5.41, 5.74) is 0. The van der Waals surface area contributed by atoms with Gasteiger partial charge in [-0.1, -0.05) is 13.8 Å². The van der Waals surface area contributed by atoms with Gasteiger partial charge in [0.15, 0.2) is 0 Å². The highest BCUT2D eigenvalue weighted by atomic mass is 16.4. The maximum Gasteiger partial charge on any atom is 0.303 e. The van der Waals surface area contributed by atoms with E-state index in [-0.39, 0.29) is 13.2 Å². The van der Waals surface area contributed by atoms with E-state index in [2.05, 4.69) is 0 Å². The van der Waals surface area contributed by atoms with Crippen LogP contribution in [-0.2, 0) is 19.2 Å². The maximum absolute atomic E-state index is 9.60. The molecule has 0 fully saturated rings. The Morgan fingerprint density at radius 3 is 0.792 bits per heavy atom. The molecule has 0 bridgehead atoms. The Bertz CT molecular complexity index is 264. The molecule has 10 nitrogen and oxygen atoms in total. The SMILES string of the molecule is CC(=O)O.CC(=O)O.CCCC(=O)O.CCCC(=O)O.OCCO. The Labute approximate surface area is 141 Å². The Hall–Kier alpha value is -2.20. The van der Waals surface area contributed by atoms with Crippen molar-refractivity contribution in [3.8, 4) is 0 Å². The molecule has 0 aromatic heterocycles. The molecule has 24 heavy (non-hydrogen) atoms. The molecule has 0 aliphatic carbocycles. The molecule has 0 rings (SSSR count). The second-order valence-corrected chi connectivity index (χ2v) is 3.77. The van der Waals surface area contributed by atoms with E-state index in [1.807, 2.05) is 13.8 Å². The largest absolute Gasteiger partial charge is 0.481 e. The van der Waals surface area contributed by atoms with Crippen LogP contribution in [0.4, 0.5) is 0 Å². The van der Waals surface area contributed by atoms with Crippen molar-refractivity contribution in [3.63, 3.8) is 0 Å². The van der Waals surface area contributed by atoms with Crippen molar-refractivity contribution in [1.29, 1.82) is 0 Å². The van der Waals surface area contributed by atoms with E-state index in [0.29, 0.717) is 12.8 Å². The molecule has 0 unspecified atom stereocenters. The van der Waals surface area contributed by atoms with Crippen molar-refractivity contribution in [2.45, 2.75) is 53.4 Å². The number of carboxylic acid groups (broad SMARTS) is 4. The summed E-state index contributed by atoms with van der Waals surface area (Å²) in [7, 11) is 0. The maximum atomic E-state index is 9.60. The van der Waals surface area contributed by atoms with E-state index >= 15 is 0 Å². The monoisotopic (exact) mass is 358 g/mol. The lowest BCUT2D eigenvalue weighted by Gasteiger charge is -1.79. The van der Waals surface area contributed by atoms with Gasteiger partial charge in [-0.15, -0.1) is 0 Å².